The van der Waals surface area contributed by atoms with Crippen molar-refractivity contribution >= 4 is 0 Å². The van der Waals surface area contributed by atoms with E-state index in [9.17, 15) is 0 Å². The molecule has 1 aliphatic rings. The molecule has 2 rings (SSSR count). The van der Waals surface area contributed by atoms with E-state index in [-0.39, 0.29) is 0 Å². The first-order valence-electron chi connectivity index (χ1n) is 7.89. The van der Waals surface area contributed by atoms with Gasteiger partial charge in [-0.25, -0.2) is 0 Å². The van der Waals surface area contributed by atoms with E-state index >= 15 is 0 Å². The number of nitrogens with one attached hydrogen (secondary N) is 1. The molecular weight excluding hydrogens is 232 g/mol. The summed E-state index contributed by atoms with van der Waals surface area (Å²) in [6.07, 6.45) is 6.52. The van der Waals surface area contributed by atoms with Crippen LogP contribution in [0.2, 0.25) is 0 Å². The van der Waals surface area contributed by atoms with E-state index in [1.807, 2.05) is 0 Å². The molecule has 1 N–H and O–H groups in total. The number of nitrogens with zero attached hydrogens (tertiary/aromatic N) is 1. The van der Waals surface area contributed by atoms with Crippen molar-refractivity contribution < 1.29 is 0 Å². The second-order valence-electron chi connectivity index (χ2n) is 5.55. The van der Waals surface area contributed by atoms with E-state index < -0.39 is 0 Å². The van der Waals surface area contributed by atoms with E-state index in [4.69, 9.17) is 0 Å². The number of rotatable bonds is 7. The fourth-order valence-electron chi connectivity index (χ4n) is 3.06. The standard InChI is InChI=1S/C17H28N2/c1-2-19(17-11-13-18-14-12-17)15-7-6-10-16-8-4-3-5-9-16/h3-5,8-9,17-18H,2,6-7,10-15H2,1H3. The van der Waals surface area contributed by atoms with Crippen molar-refractivity contribution in [3.63, 3.8) is 0 Å². The molecule has 0 spiro atoms. The molecule has 1 aromatic rings. The molecule has 0 aromatic heterocycles. The molecule has 2 heteroatoms. The number of unbranched alkanes of at least 4 members (excludes halogenated alkanes) is 1. The lowest BCUT2D eigenvalue weighted by Crippen LogP contribution is -2.43. The highest BCUT2D eigenvalue weighted by atomic mass is 15.2. The highest BCUT2D eigenvalue weighted by Gasteiger charge is 2.18. The molecule has 19 heavy (non-hydrogen) atoms. The molecule has 0 bridgehead atoms. The van der Waals surface area contributed by atoms with Crippen LogP contribution in [0.15, 0.2) is 30.3 Å². The summed E-state index contributed by atoms with van der Waals surface area (Å²) in [5.41, 5.74) is 1.48. The number of benzene rings is 1. The van der Waals surface area contributed by atoms with Crippen LogP contribution in [0.4, 0.5) is 0 Å². The van der Waals surface area contributed by atoms with E-state index in [1.165, 1.54) is 63.8 Å². The summed E-state index contributed by atoms with van der Waals surface area (Å²) >= 11 is 0. The largest absolute Gasteiger partial charge is 0.317 e. The molecule has 1 heterocycles. The van der Waals surface area contributed by atoms with Crippen LogP contribution >= 0.6 is 0 Å². The lowest BCUT2D eigenvalue weighted by atomic mass is 10.0. The quantitative estimate of drug-likeness (QED) is 0.758. The summed E-state index contributed by atoms with van der Waals surface area (Å²) in [6.45, 7) is 7.18. The minimum absolute atomic E-state index is 0.822. The van der Waals surface area contributed by atoms with Gasteiger partial charge in [0.15, 0.2) is 0 Å². The molecular formula is C17H28N2. The van der Waals surface area contributed by atoms with Gasteiger partial charge in [0.1, 0.15) is 0 Å². The fraction of sp³-hybridized carbons (Fsp3) is 0.647. The van der Waals surface area contributed by atoms with E-state index in [2.05, 4.69) is 47.5 Å². The average Bonchev–Trinajstić information content (AvgIpc) is 2.49. The van der Waals surface area contributed by atoms with Crippen LogP contribution in [0, 0.1) is 0 Å². The topological polar surface area (TPSA) is 15.3 Å². The van der Waals surface area contributed by atoms with Crippen LogP contribution in [-0.2, 0) is 6.42 Å². The van der Waals surface area contributed by atoms with Gasteiger partial charge in [0.05, 0.1) is 0 Å². The van der Waals surface area contributed by atoms with Crippen molar-refractivity contribution in [2.45, 2.75) is 45.1 Å². The molecule has 1 aliphatic heterocycles. The maximum atomic E-state index is 3.46. The van der Waals surface area contributed by atoms with E-state index in [1.54, 1.807) is 0 Å². The van der Waals surface area contributed by atoms with Gasteiger partial charge in [-0.1, -0.05) is 37.3 Å². The minimum atomic E-state index is 0.822. The smallest absolute Gasteiger partial charge is 0.0119 e. The van der Waals surface area contributed by atoms with Crippen LogP contribution in [0.25, 0.3) is 0 Å². The van der Waals surface area contributed by atoms with Crippen molar-refractivity contribution in [2.75, 3.05) is 26.2 Å². The molecule has 0 aliphatic carbocycles. The monoisotopic (exact) mass is 260 g/mol. The summed E-state index contributed by atoms with van der Waals surface area (Å²) in [6, 6.07) is 11.7. The Morgan fingerprint density at radius 1 is 1.11 bits per heavy atom. The molecule has 1 aromatic carbocycles. The van der Waals surface area contributed by atoms with Gasteiger partial charge in [0.25, 0.3) is 0 Å². The molecule has 2 nitrogen and oxygen atoms in total. The van der Waals surface area contributed by atoms with Gasteiger partial charge < -0.3 is 10.2 Å². The molecule has 0 amide bonds. The Labute approximate surface area is 118 Å². The van der Waals surface area contributed by atoms with Gasteiger partial charge in [-0.3, -0.25) is 0 Å². The second-order valence-corrected chi connectivity index (χ2v) is 5.55. The Bertz CT molecular complexity index is 330. The first-order chi connectivity index (χ1) is 9.40. The third kappa shape index (κ3) is 4.96. The number of hydrogen-bond donors (Lipinski definition) is 1. The first kappa shape index (κ1) is 14.5. The van der Waals surface area contributed by atoms with Crippen LogP contribution in [-0.4, -0.2) is 37.1 Å². The minimum Gasteiger partial charge on any atom is -0.317 e. The van der Waals surface area contributed by atoms with Crippen molar-refractivity contribution in [1.82, 2.24) is 10.2 Å². The first-order valence-corrected chi connectivity index (χ1v) is 7.89. The number of hydrogen-bond acceptors (Lipinski definition) is 2. The predicted octanol–water partition coefficient (Wildman–Crippen LogP) is 3.08. The van der Waals surface area contributed by atoms with Crippen molar-refractivity contribution in [2.24, 2.45) is 0 Å². The van der Waals surface area contributed by atoms with Crippen molar-refractivity contribution in [3.8, 4) is 0 Å². The highest BCUT2D eigenvalue weighted by Crippen LogP contribution is 2.13. The lowest BCUT2D eigenvalue weighted by molar-refractivity contribution is 0.167. The third-order valence-electron chi connectivity index (χ3n) is 4.23. The zero-order valence-corrected chi connectivity index (χ0v) is 12.3. The zero-order valence-electron chi connectivity index (χ0n) is 12.3. The second kappa shape index (κ2) is 8.34. The Morgan fingerprint density at radius 2 is 1.84 bits per heavy atom. The van der Waals surface area contributed by atoms with Gasteiger partial charge >= 0.3 is 0 Å². The average molecular weight is 260 g/mol. The molecule has 1 saturated heterocycles. The van der Waals surface area contributed by atoms with Crippen LogP contribution in [0.3, 0.4) is 0 Å². The van der Waals surface area contributed by atoms with Crippen LogP contribution < -0.4 is 5.32 Å². The van der Waals surface area contributed by atoms with Gasteiger partial charge in [-0.15, -0.1) is 0 Å². The molecule has 0 unspecified atom stereocenters. The molecule has 106 valence electrons. The van der Waals surface area contributed by atoms with Crippen molar-refractivity contribution in [3.05, 3.63) is 35.9 Å². The Hall–Kier alpha value is -0.860. The fourth-order valence-corrected chi connectivity index (χ4v) is 3.06. The summed E-state index contributed by atoms with van der Waals surface area (Å²) in [7, 11) is 0. The normalized spacial score (nSPS) is 16.9. The van der Waals surface area contributed by atoms with Gasteiger partial charge in [-0.2, -0.15) is 0 Å². The molecule has 0 saturated carbocycles. The maximum Gasteiger partial charge on any atom is 0.0119 e. The van der Waals surface area contributed by atoms with Crippen LogP contribution in [0.1, 0.15) is 38.2 Å². The molecule has 1 fully saturated rings. The Kier molecular flexibility index (Phi) is 6.38. The van der Waals surface area contributed by atoms with Crippen molar-refractivity contribution in [1.29, 1.82) is 0 Å². The lowest BCUT2D eigenvalue weighted by Gasteiger charge is -2.33. The summed E-state index contributed by atoms with van der Waals surface area (Å²) < 4.78 is 0. The SMILES string of the molecule is CCN(CCCCc1ccccc1)C1CCNCC1. The molecule has 0 radical (unpaired) electrons. The van der Waals surface area contributed by atoms with E-state index in [0.29, 0.717) is 0 Å². The summed E-state index contributed by atoms with van der Waals surface area (Å²) in [5.74, 6) is 0. The van der Waals surface area contributed by atoms with Crippen LogP contribution in [0.5, 0.6) is 0 Å². The summed E-state index contributed by atoms with van der Waals surface area (Å²) in [5, 5.41) is 3.46. The van der Waals surface area contributed by atoms with E-state index in [0.717, 1.165) is 6.04 Å². The highest BCUT2D eigenvalue weighted by molar-refractivity contribution is 5.14. The van der Waals surface area contributed by atoms with Gasteiger partial charge in [0, 0.05) is 6.04 Å². The number of piperidine rings is 1. The van der Waals surface area contributed by atoms with Gasteiger partial charge in [-0.05, 0) is 63.8 Å². The number of aryl methyl sites for hydroxylation is 1. The summed E-state index contributed by atoms with van der Waals surface area (Å²) in [4.78, 5) is 2.69. The predicted molar refractivity (Wildman–Crippen MR) is 82.5 cm³/mol. The third-order valence-corrected chi connectivity index (χ3v) is 4.23. The Morgan fingerprint density at radius 3 is 2.53 bits per heavy atom. The maximum absolute atomic E-state index is 3.46. The van der Waals surface area contributed by atoms with Gasteiger partial charge in [0.2, 0.25) is 0 Å². The Balaban J connectivity index is 1.65. The zero-order chi connectivity index (χ0) is 13.3. The molecule has 0 atom stereocenters.